The van der Waals surface area contributed by atoms with E-state index in [2.05, 4.69) is 65.4 Å². The molecule has 5 aromatic heterocycles. The second kappa shape index (κ2) is 28.3. The predicted molar refractivity (Wildman–Crippen MR) is 331 cm³/mol. The number of hydrogen-bond acceptors (Lipinski definition) is 23. The van der Waals surface area contributed by atoms with E-state index in [0.29, 0.717) is 51.8 Å². The highest BCUT2D eigenvalue weighted by molar-refractivity contribution is 7.16. The van der Waals surface area contributed by atoms with E-state index in [0.717, 1.165) is 85.6 Å². The molecule has 9 rings (SSSR count). The van der Waals surface area contributed by atoms with E-state index in [4.69, 9.17) is 39.2 Å². The number of hydrogen-bond donors (Lipinski definition) is 2. The number of benzene rings is 1. The number of nitrogens with zero attached hydrogens (tertiary/aromatic N) is 13. The topological polar surface area (TPSA) is 305 Å². The number of nitrogen functional groups attached to an aromatic ring is 1. The van der Waals surface area contributed by atoms with Crippen molar-refractivity contribution in [2.45, 2.75) is 149 Å². The summed E-state index contributed by atoms with van der Waals surface area (Å²) in [6, 6.07) is 8.68. The van der Waals surface area contributed by atoms with Gasteiger partial charge < -0.3 is 54.1 Å². The summed E-state index contributed by atoms with van der Waals surface area (Å²) in [6.45, 7) is 19.4. The fraction of sp³-hybridized carbons (Fsp3) is 0.532. The number of likely N-dealkylation sites (tertiary alicyclic amines) is 1. The van der Waals surface area contributed by atoms with Gasteiger partial charge in [-0.15, -0.1) is 22.7 Å². The summed E-state index contributed by atoms with van der Waals surface area (Å²) in [5.41, 5.74) is 10.5. The molecule has 3 N–H and O–H groups in total. The SMILES string of the molecule is CC(=O)OC[C@H](NC(=O)[C@@H]1C[C@@H](OC(C)=O)CN1C(=O)[C@H](C(C)C)n1cc(OCCCCN2CCCN(c3nccc(-c4noc([C@@]5(C)CCCc6sc(N)c(C#N)c65)n4)n3)[C@@H](C)C2)nn1)c1ccc(-c2scnc2C#CCN(C)C(=O)OC(C)(C)C)cc1. The number of rotatable bonds is 20. The quantitative estimate of drug-likeness (QED) is 0.0323. The van der Waals surface area contributed by atoms with Gasteiger partial charge in [0.25, 0.3) is 5.88 Å². The van der Waals surface area contributed by atoms with E-state index in [1.807, 2.05) is 32.9 Å². The molecule has 2 fully saturated rings. The monoisotopic (exact) mass is 1260 g/mol. The Kier molecular flexibility index (Phi) is 20.7. The lowest BCUT2D eigenvalue weighted by Gasteiger charge is -2.30. The number of thiazole rings is 1. The fourth-order valence-electron chi connectivity index (χ4n) is 11.5. The van der Waals surface area contributed by atoms with Crippen LogP contribution in [0.2, 0.25) is 0 Å². The minimum atomic E-state index is -1.07. The van der Waals surface area contributed by atoms with Crippen molar-refractivity contribution in [3.63, 3.8) is 0 Å². The summed E-state index contributed by atoms with van der Waals surface area (Å²) in [5, 5.41) is 26.5. The first-order chi connectivity index (χ1) is 42.5. The van der Waals surface area contributed by atoms with Crippen molar-refractivity contribution in [3.8, 4) is 45.7 Å². The molecule has 1 aromatic carbocycles. The van der Waals surface area contributed by atoms with Crippen LogP contribution < -0.4 is 20.7 Å². The molecule has 472 valence electrons. The molecule has 89 heavy (non-hydrogen) atoms. The maximum absolute atomic E-state index is 14.8. The van der Waals surface area contributed by atoms with Crippen LogP contribution in [0.4, 0.5) is 15.7 Å². The van der Waals surface area contributed by atoms with Gasteiger partial charge in [-0.25, -0.2) is 24.4 Å². The number of aryl methyl sites for hydroxylation is 1. The van der Waals surface area contributed by atoms with Gasteiger partial charge in [-0.3, -0.25) is 19.2 Å². The summed E-state index contributed by atoms with van der Waals surface area (Å²) in [4.78, 5) is 94.4. The highest BCUT2D eigenvalue weighted by Crippen LogP contribution is 2.48. The number of nitriles is 1. The van der Waals surface area contributed by atoms with Gasteiger partial charge in [0.05, 0.1) is 53.3 Å². The van der Waals surface area contributed by atoms with Crippen LogP contribution in [0.5, 0.6) is 5.88 Å². The fourth-order valence-corrected chi connectivity index (χ4v) is 13.5. The Morgan fingerprint density at radius 3 is 2.54 bits per heavy atom. The Bertz CT molecular complexity index is 3610. The number of aromatic nitrogens is 8. The number of carbonyl (C=O) groups excluding carboxylic acids is 5. The van der Waals surface area contributed by atoms with Crippen LogP contribution in [-0.2, 0) is 45.2 Å². The van der Waals surface area contributed by atoms with Gasteiger partial charge in [-0.1, -0.05) is 59.5 Å². The number of esters is 2. The lowest BCUT2D eigenvalue weighted by Crippen LogP contribution is -2.50. The van der Waals surface area contributed by atoms with Crippen molar-refractivity contribution in [1.29, 1.82) is 5.26 Å². The molecule has 1 aliphatic carbocycles. The second-order valence-corrected chi connectivity index (χ2v) is 26.2. The van der Waals surface area contributed by atoms with Crippen molar-refractivity contribution in [1.82, 2.24) is 60.1 Å². The molecular formula is C62H77N15O10S2. The molecule has 6 atom stereocenters. The third-order valence-electron chi connectivity index (χ3n) is 15.8. The maximum Gasteiger partial charge on any atom is 0.410 e. The normalized spacial score (nSPS) is 19.2. The van der Waals surface area contributed by atoms with Gasteiger partial charge in [-0.2, -0.15) is 10.2 Å². The lowest BCUT2D eigenvalue weighted by molar-refractivity contribution is -0.147. The van der Waals surface area contributed by atoms with Crippen molar-refractivity contribution in [2.24, 2.45) is 5.92 Å². The standard InChI is InChI=1S/C62H77N15O10S2/c1-37(2)52(57(81)76-33-43(85-40(5)79)30-48(76)56(80)67-47(35-84-39(4)78)41-18-20-42(21-19-41)53-45(66-36-88-53)16-14-25-73(10)60(82)86-61(6,7)8)77-34-50(70-72-77)83-29-12-11-26-74-27-15-28-75(38(3)32-74)59-65-24-22-46(68-59)55-69-58(87-71-55)62(9)23-13-17-49-51(62)44(31-63)54(64)89-49/h18-22,24,34,36-38,43,47-48,52H,11-13,15,17,23,25-30,32-33,35,64H2,1-10H3,(H,67,80)/t38-,43+,47-,48-,52-,62-/m0/s1. The maximum atomic E-state index is 14.8. The van der Waals surface area contributed by atoms with Crippen molar-refractivity contribution in [3.05, 3.63) is 81.4 Å². The molecule has 0 spiro atoms. The molecule has 3 amide bonds. The molecule has 0 saturated carbocycles. The number of thiophene rings is 1. The van der Waals surface area contributed by atoms with Gasteiger partial charge in [0.1, 0.15) is 52.9 Å². The van der Waals surface area contributed by atoms with Crippen LogP contribution in [0.15, 0.2) is 52.8 Å². The number of nitrogens with two attached hydrogens (primary N) is 1. The third-order valence-corrected chi connectivity index (χ3v) is 17.8. The first kappa shape index (κ1) is 64.9. The van der Waals surface area contributed by atoms with E-state index < -0.39 is 65.1 Å². The molecule has 3 aliphatic rings. The van der Waals surface area contributed by atoms with Crippen LogP contribution in [0.25, 0.3) is 22.0 Å². The van der Waals surface area contributed by atoms with Crippen molar-refractivity contribution < 1.29 is 47.4 Å². The number of fused-ring (bicyclic) bond motifs is 1. The number of unbranched alkanes of at least 4 members (excludes halogenated alkanes) is 1. The Labute approximate surface area is 525 Å². The van der Waals surface area contributed by atoms with Crippen LogP contribution in [0, 0.1) is 29.1 Å². The molecule has 0 radical (unpaired) electrons. The van der Waals surface area contributed by atoms with E-state index in [9.17, 15) is 29.2 Å². The Morgan fingerprint density at radius 2 is 1.81 bits per heavy atom. The van der Waals surface area contributed by atoms with Crippen LogP contribution in [0.1, 0.15) is 146 Å². The van der Waals surface area contributed by atoms with E-state index >= 15 is 0 Å². The largest absolute Gasteiger partial charge is 0.475 e. The molecule has 2 aliphatic heterocycles. The summed E-state index contributed by atoms with van der Waals surface area (Å²) in [5.74, 6) is 5.29. The van der Waals surface area contributed by atoms with Crippen LogP contribution >= 0.6 is 22.7 Å². The number of nitrogens with one attached hydrogen (secondary N) is 1. The predicted octanol–water partition coefficient (Wildman–Crippen LogP) is 7.53. The van der Waals surface area contributed by atoms with Crippen LogP contribution in [-0.4, -0.2) is 168 Å². The Balaban J connectivity index is 0.785. The van der Waals surface area contributed by atoms with Gasteiger partial charge >= 0.3 is 18.0 Å². The Hall–Kier alpha value is -8.53. The van der Waals surface area contributed by atoms with Crippen LogP contribution in [0.3, 0.4) is 0 Å². The zero-order chi connectivity index (χ0) is 63.7. The first-order valence-corrected chi connectivity index (χ1v) is 31.6. The smallest absolute Gasteiger partial charge is 0.410 e. The highest BCUT2D eigenvalue weighted by atomic mass is 32.1. The molecule has 0 bridgehead atoms. The molecule has 6 aromatic rings. The molecule has 0 unspecified atom stereocenters. The van der Waals surface area contributed by atoms with E-state index in [1.54, 1.807) is 63.9 Å². The lowest BCUT2D eigenvalue weighted by atomic mass is 9.72. The summed E-state index contributed by atoms with van der Waals surface area (Å²) < 4.78 is 29.9. The van der Waals surface area contributed by atoms with E-state index in [-0.39, 0.29) is 44.0 Å². The average Bonchev–Trinajstić information content (AvgIpc) is 1.66. The number of anilines is 2. The molecular weight excluding hydrogens is 1180 g/mol. The zero-order valence-corrected chi connectivity index (χ0v) is 53.6. The van der Waals surface area contributed by atoms with Crippen molar-refractivity contribution >= 4 is 63.5 Å². The molecule has 7 heterocycles. The third kappa shape index (κ3) is 15.7. The summed E-state index contributed by atoms with van der Waals surface area (Å²) in [6.07, 6.45) is 7.07. The molecule has 2 saturated heterocycles. The summed E-state index contributed by atoms with van der Waals surface area (Å²) >= 11 is 2.85. The van der Waals surface area contributed by atoms with E-state index in [1.165, 1.54) is 51.0 Å². The highest BCUT2D eigenvalue weighted by Gasteiger charge is 2.46. The zero-order valence-electron chi connectivity index (χ0n) is 52.0. The average molecular weight is 1260 g/mol. The number of carbonyl (C=O) groups is 5. The minimum Gasteiger partial charge on any atom is -0.475 e. The summed E-state index contributed by atoms with van der Waals surface area (Å²) in [7, 11) is 1.61. The first-order valence-electron chi connectivity index (χ1n) is 29.9. The van der Waals surface area contributed by atoms with Crippen molar-refractivity contribution in [2.75, 3.05) is 70.2 Å². The Morgan fingerprint density at radius 1 is 1.02 bits per heavy atom. The minimum absolute atomic E-state index is 0.0254. The molecule has 27 heteroatoms. The number of ether oxygens (including phenoxy) is 4. The number of amides is 3. The molecule has 25 nitrogen and oxygen atoms in total. The van der Waals surface area contributed by atoms with Gasteiger partial charge in [0, 0.05) is 63.1 Å². The second-order valence-electron chi connectivity index (χ2n) is 24.2. The van der Waals surface area contributed by atoms with Gasteiger partial charge in [0.15, 0.2) is 0 Å². The van der Waals surface area contributed by atoms with Gasteiger partial charge in [-0.05, 0) is 115 Å². The van der Waals surface area contributed by atoms with Gasteiger partial charge in [0.2, 0.25) is 29.5 Å².